The Labute approximate surface area is 196 Å². The second-order valence-electron chi connectivity index (χ2n) is 13.1. The molecule has 0 aromatic heterocycles. The second kappa shape index (κ2) is 9.06. The van der Waals surface area contributed by atoms with Gasteiger partial charge in [-0.1, -0.05) is 66.7 Å². The molecule has 4 rings (SSSR count). The predicted octanol–water partition coefficient (Wildman–Crippen LogP) is 7.22. The molecule has 9 atom stereocenters. The maximum atomic E-state index is 14.0. The zero-order valence-electron chi connectivity index (χ0n) is 21.6. The Morgan fingerprint density at radius 2 is 1.66 bits per heavy atom. The van der Waals surface area contributed by atoms with Crippen molar-refractivity contribution in [3.05, 3.63) is 0 Å². The smallest absolute Gasteiger partial charge is 0.303 e. The number of ether oxygens (including phenoxy) is 1. The fourth-order valence-electron chi connectivity index (χ4n) is 9.35. The fraction of sp³-hybridized carbons (Fsp3) is 0.931. The molecule has 4 fully saturated rings. The van der Waals surface area contributed by atoms with E-state index in [1.807, 2.05) is 0 Å². The SMILES string of the molecule is CC(=O)O[C@@H]1C(=O)[C@H]2[C@@H](CC[C@@]3(C)[C@@H]([C@H](C)CCCC(C)C)CC[C@@H]23)[C@@]2(C)CCCC[C@H]12. The lowest BCUT2D eigenvalue weighted by atomic mass is 9.43. The number of rotatable bonds is 6. The van der Waals surface area contributed by atoms with Crippen molar-refractivity contribution < 1.29 is 14.3 Å². The number of ketones is 1. The van der Waals surface area contributed by atoms with Crippen LogP contribution in [0.1, 0.15) is 112 Å². The molecule has 0 heterocycles. The van der Waals surface area contributed by atoms with Crippen molar-refractivity contribution in [1.82, 2.24) is 0 Å². The van der Waals surface area contributed by atoms with E-state index in [0.29, 0.717) is 17.6 Å². The molecule has 0 aliphatic heterocycles. The van der Waals surface area contributed by atoms with Crippen LogP contribution < -0.4 is 0 Å². The minimum Gasteiger partial charge on any atom is -0.454 e. The molecule has 0 amide bonds. The van der Waals surface area contributed by atoms with Crippen LogP contribution in [0.4, 0.5) is 0 Å². The maximum Gasteiger partial charge on any atom is 0.303 e. The van der Waals surface area contributed by atoms with E-state index in [0.717, 1.165) is 24.2 Å². The number of carbonyl (C=O) groups excluding carboxylic acids is 2. The third-order valence-electron chi connectivity index (χ3n) is 10.9. The normalized spacial score (nSPS) is 44.5. The van der Waals surface area contributed by atoms with Gasteiger partial charge >= 0.3 is 5.97 Å². The minimum atomic E-state index is -0.496. The van der Waals surface area contributed by atoms with Crippen molar-refractivity contribution >= 4 is 11.8 Å². The van der Waals surface area contributed by atoms with Gasteiger partial charge in [-0.2, -0.15) is 0 Å². The van der Waals surface area contributed by atoms with Crippen molar-refractivity contribution in [2.24, 2.45) is 52.3 Å². The van der Waals surface area contributed by atoms with Crippen LogP contribution in [0, 0.1) is 52.3 Å². The van der Waals surface area contributed by atoms with Crippen molar-refractivity contribution in [2.45, 2.75) is 118 Å². The first-order chi connectivity index (χ1) is 15.1. The summed E-state index contributed by atoms with van der Waals surface area (Å²) in [7, 11) is 0. The third-order valence-corrected chi connectivity index (χ3v) is 10.9. The molecule has 3 nitrogen and oxygen atoms in total. The van der Waals surface area contributed by atoms with Gasteiger partial charge in [0.25, 0.3) is 0 Å². The van der Waals surface area contributed by atoms with Gasteiger partial charge < -0.3 is 4.74 Å². The van der Waals surface area contributed by atoms with Crippen LogP contribution in [0.2, 0.25) is 0 Å². The van der Waals surface area contributed by atoms with E-state index in [-0.39, 0.29) is 28.6 Å². The summed E-state index contributed by atoms with van der Waals surface area (Å²) in [5.74, 6) is 3.56. The highest BCUT2D eigenvalue weighted by Gasteiger charge is 2.65. The van der Waals surface area contributed by atoms with E-state index in [4.69, 9.17) is 4.74 Å². The molecule has 0 unspecified atom stereocenters. The summed E-state index contributed by atoms with van der Waals surface area (Å²) in [4.78, 5) is 26.0. The van der Waals surface area contributed by atoms with E-state index in [2.05, 4.69) is 34.6 Å². The molecule has 3 heteroatoms. The lowest BCUT2D eigenvalue weighted by molar-refractivity contribution is -0.190. The summed E-state index contributed by atoms with van der Waals surface area (Å²) in [6.07, 6.45) is 13.1. The Morgan fingerprint density at radius 1 is 0.938 bits per heavy atom. The summed E-state index contributed by atoms with van der Waals surface area (Å²) >= 11 is 0. The highest BCUT2D eigenvalue weighted by atomic mass is 16.5. The third kappa shape index (κ3) is 3.98. The van der Waals surface area contributed by atoms with E-state index < -0.39 is 6.10 Å². The summed E-state index contributed by atoms with van der Waals surface area (Å²) in [6.45, 7) is 13.6. The molecule has 182 valence electrons. The molecule has 0 aromatic carbocycles. The highest BCUT2D eigenvalue weighted by molar-refractivity contribution is 5.89. The monoisotopic (exact) mass is 444 g/mol. The van der Waals surface area contributed by atoms with Gasteiger partial charge in [0, 0.05) is 18.8 Å². The molecule has 0 N–H and O–H groups in total. The van der Waals surface area contributed by atoms with Gasteiger partial charge in [0.05, 0.1) is 0 Å². The van der Waals surface area contributed by atoms with E-state index in [1.54, 1.807) is 0 Å². The fourth-order valence-corrected chi connectivity index (χ4v) is 9.35. The van der Waals surface area contributed by atoms with Gasteiger partial charge in [0.2, 0.25) is 0 Å². The van der Waals surface area contributed by atoms with Crippen LogP contribution in [0.25, 0.3) is 0 Å². The molecule has 32 heavy (non-hydrogen) atoms. The number of carbonyl (C=O) groups is 2. The summed E-state index contributed by atoms with van der Waals surface area (Å²) in [5, 5.41) is 0. The second-order valence-corrected chi connectivity index (χ2v) is 13.1. The maximum absolute atomic E-state index is 14.0. The van der Waals surface area contributed by atoms with Crippen LogP contribution in [-0.4, -0.2) is 17.9 Å². The molecule has 0 aromatic rings. The number of Topliss-reactive ketones (excluding diaryl/α,β-unsaturated/α-hetero) is 1. The zero-order valence-corrected chi connectivity index (χ0v) is 21.6. The molecule has 0 bridgehead atoms. The van der Waals surface area contributed by atoms with E-state index in [9.17, 15) is 9.59 Å². The van der Waals surface area contributed by atoms with Gasteiger partial charge in [-0.15, -0.1) is 0 Å². The van der Waals surface area contributed by atoms with E-state index in [1.165, 1.54) is 71.1 Å². The van der Waals surface area contributed by atoms with Gasteiger partial charge in [-0.3, -0.25) is 9.59 Å². The van der Waals surface area contributed by atoms with E-state index >= 15 is 0 Å². The standard InChI is InChI=1S/C29H48O3/c1-18(2)10-9-11-19(3)21-13-14-22-25-23(15-17-29(21,22)6)28(5)16-8-7-12-24(28)27(26(25)31)32-20(4)30/h18-19,21-25,27H,7-17H2,1-6H3/t19-,21-,22+,23-,24-,25-,27+,28-,29+/m1/s1. The van der Waals surface area contributed by atoms with Gasteiger partial charge in [0.15, 0.2) is 11.9 Å². The molecule has 0 saturated heterocycles. The molecule has 4 aliphatic rings. The number of esters is 1. The van der Waals surface area contributed by atoms with Crippen LogP contribution in [0.5, 0.6) is 0 Å². The molecular formula is C29H48O3. The van der Waals surface area contributed by atoms with Crippen molar-refractivity contribution in [3.8, 4) is 0 Å². The van der Waals surface area contributed by atoms with Crippen LogP contribution in [0.15, 0.2) is 0 Å². The minimum absolute atomic E-state index is 0.102. The Bertz CT molecular complexity index is 713. The van der Waals surface area contributed by atoms with Gasteiger partial charge in [-0.05, 0) is 78.9 Å². The van der Waals surface area contributed by atoms with Crippen LogP contribution in [0.3, 0.4) is 0 Å². The Kier molecular flexibility index (Phi) is 6.87. The number of fused-ring (bicyclic) bond motifs is 5. The van der Waals surface area contributed by atoms with Crippen LogP contribution >= 0.6 is 0 Å². The molecular weight excluding hydrogens is 396 g/mol. The first-order valence-electron chi connectivity index (χ1n) is 13.8. The molecule has 0 radical (unpaired) electrons. The largest absolute Gasteiger partial charge is 0.454 e. The van der Waals surface area contributed by atoms with Crippen LogP contribution in [-0.2, 0) is 14.3 Å². The summed E-state index contributed by atoms with van der Waals surface area (Å²) < 4.78 is 5.83. The lowest BCUT2D eigenvalue weighted by Gasteiger charge is -2.61. The molecule has 4 aliphatic carbocycles. The molecule has 0 spiro atoms. The highest BCUT2D eigenvalue weighted by Crippen LogP contribution is 2.68. The summed E-state index contributed by atoms with van der Waals surface area (Å²) in [5.41, 5.74) is 0.423. The predicted molar refractivity (Wildman–Crippen MR) is 129 cm³/mol. The van der Waals surface area contributed by atoms with Crippen molar-refractivity contribution in [2.75, 3.05) is 0 Å². The lowest BCUT2D eigenvalue weighted by Crippen LogP contribution is -2.62. The Morgan fingerprint density at radius 3 is 2.34 bits per heavy atom. The zero-order chi connectivity index (χ0) is 23.3. The quantitative estimate of drug-likeness (QED) is 0.406. The van der Waals surface area contributed by atoms with Crippen molar-refractivity contribution in [1.29, 1.82) is 0 Å². The van der Waals surface area contributed by atoms with Crippen molar-refractivity contribution in [3.63, 3.8) is 0 Å². The number of hydrogen-bond donors (Lipinski definition) is 0. The Balaban J connectivity index is 1.59. The topological polar surface area (TPSA) is 43.4 Å². The average molecular weight is 445 g/mol. The Hall–Kier alpha value is -0.860. The first kappa shape index (κ1) is 24.3. The molecule has 4 saturated carbocycles. The van der Waals surface area contributed by atoms with Gasteiger partial charge in [0.1, 0.15) is 0 Å². The summed E-state index contributed by atoms with van der Waals surface area (Å²) in [6, 6.07) is 0. The first-order valence-corrected chi connectivity index (χ1v) is 13.8. The average Bonchev–Trinajstić information content (AvgIpc) is 3.07. The number of hydrogen-bond acceptors (Lipinski definition) is 3. The van der Waals surface area contributed by atoms with Gasteiger partial charge in [-0.25, -0.2) is 0 Å².